The van der Waals surface area contributed by atoms with E-state index in [2.05, 4.69) is 59.4 Å². The Morgan fingerprint density at radius 1 is 0.679 bits per heavy atom. The minimum absolute atomic E-state index is 0.0992. The van der Waals surface area contributed by atoms with Crippen molar-refractivity contribution in [3.63, 3.8) is 0 Å². The summed E-state index contributed by atoms with van der Waals surface area (Å²) in [6.07, 6.45) is 3.92. The van der Waals surface area contributed by atoms with E-state index in [0.717, 1.165) is 70.8 Å². The Morgan fingerprint density at radius 3 is 1.54 bits per heavy atom. The van der Waals surface area contributed by atoms with E-state index in [4.69, 9.17) is 37.8 Å². The molecular weight excluding hydrogens is 747 g/mol. The number of halogens is 2. The fourth-order valence-electron chi connectivity index (χ4n) is 7.59. The van der Waals surface area contributed by atoms with Gasteiger partial charge in [0.1, 0.15) is 24.7 Å². The van der Waals surface area contributed by atoms with E-state index in [1.807, 2.05) is 72.6 Å². The number of ether oxygens (including phenoxy) is 2. The molecule has 3 heterocycles. The molecule has 56 heavy (non-hydrogen) atoms. The average Bonchev–Trinajstić information content (AvgIpc) is 3.64. The first-order valence-electron chi connectivity index (χ1n) is 19.0. The summed E-state index contributed by atoms with van der Waals surface area (Å²) >= 11 is 11.9. The maximum atomic E-state index is 13.0. The van der Waals surface area contributed by atoms with Crippen molar-refractivity contribution < 1.29 is 24.2 Å². The maximum Gasteiger partial charge on any atom is 0.303 e. The molecular formula is C45H50Cl2N4O5. The molecule has 0 radical (unpaired) electrons. The van der Waals surface area contributed by atoms with Gasteiger partial charge in [0.2, 0.25) is 5.91 Å². The van der Waals surface area contributed by atoms with Gasteiger partial charge >= 0.3 is 5.97 Å². The second kappa shape index (κ2) is 18.8. The molecule has 1 saturated heterocycles. The minimum Gasteiger partial charge on any atom is -0.487 e. The number of piperidine rings is 1. The molecule has 0 bridgehead atoms. The molecule has 0 atom stereocenters. The van der Waals surface area contributed by atoms with Crippen molar-refractivity contribution in [3.8, 4) is 11.5 Å². The highest BCUT2D eigenvalue weighted by molar-refractivity contribution is 6.30. The Morgan fingerprint density at radius 2 is 1.11 bits per heavy atom. The molecule has 1 aliphatic rings. The van der Waals surface area contributed by atoms with Gasteiger partial charge in [-0.15, -0.1) is 0 Å². The number of carboxylic acids is 1. The number of para-hydroxylation sites is 2. The second-order valence-electron chi connectivity index (χ2n) is 14.5. The molecule has 11 heteroatoms. The summed E-state index contributed by atoms with van der Waals surface area (Å²) in [4.78, 5) is 28.3. The fraction of sp³-hybridized carbons (Fsp3) is 0.333. The van der Waals surface area contributed by atoms with Gasteiger partial charge < -0.3 is 33.5 Å². The van der Waals surface area contributed by atoms with Crippen LogP contribution in [0.1, 0.15) is 48.2 Å². The van der Waals surface area contributed by atoms with Crippen molar-refractivity contribution in [1.29, 1.82) is 0 Å². The highest BCUT2D eigenvalue weighted by Gasteiger charge is 2.25. The third kappa shape index (κ3) is 9.88. The molecule has 0 spiro atoms. The third-order valence-electron chi connectivity index (χ3n) is 10.8. The van der Waals surface area contributed by atoms with Crippen LogP contribution in [0, 0.1) is 0 Å². The zero-order valence-electron chi connectivity index (χ0n) is 32.5. The van der Waals surface area contributed by atoms with Crippen LogP contribution >= 0.6 is 23.2 Å². The van der Waals surface area contributed by atoms with Gasteiger partial charge in [0.05, 0.1) is 11.4 Å². The van der Waals surface area contributed by atoms with Crippen LogP contribution in [-0.2, 0) is 49.7 Å². The van der Waals surface area contributed by atoms with E-state index in [1.54, 1.807) is 12.1 Å². The van der Waals surface area contributed by atoms with Gasteiger partial charge in [0, 0.05) is 77.9 Å². The van der Waals surface area contributed by atoms with Crippen LogP contribution in [0.15, 0.2) is 97.1 Å². The summed E-state index contributed by atoms with van der Waals surface area (Å²) in [5, 5.41) is 12.7. The highest BCUT2D eigenvalue weighted by Crippen LogP contribution is 2.30. The van der Waals surface area contributed by atoms with Gasteiger partial charge in [-0.05, 0) is 112 Å². The van der Waals surface area contributed by atoms with E-state index >= 15 is 0 Å². The Labute approximate surface area is 338 Å². The van der Waals surface area contributed by atoms with Gasteiger partial charge in [-0.2, -0.15) is 0 Å². The Bertz CT molecular complexity index is 2260. The lowest BCUT2D eigenvalue weighted by Gasteiger charge is -2.35. The number of amides is 1. The van der Waals surface area contributed by atoms with Gasteiger partial charge in [-0.3, -0.25) is 9.59 Å². The summed E-state index contributed by atoms with van der Waals surface area (Å²) in [5.41, 5.74) is 6.58. The topological polar surface area (TPSA) is 89.2 Å². The normalized spacial score (nSPS) is 13.2. The first kappa shape index (κ1) is 40.7. The molecule has 0 unspecified atom stereocenters. The quantitative estimate of drug-likeness (QED) is 0.125. The van der Waals surface area contributed by atoms with Crippen LogP contribution in [0.5, 0.6) is 11.5 Å². The number of aromatic nitrogens is 2. The van der Waals surface area contributed by atoms with Gasteiger partial charge in [0.25, 0.3) is 0 Å². The lowest BCUT2D eigenvalue weighted by atomic mass is 10.0. The zero-order chi connectivity index (χ0) is 39.8. The molecule has 0 saturated carbocycles. The Balaban J connectivity index is 0.000000198. The number of aryl methyl sites for hydroxylation is 4. The molecule has 0 aliphatic carbocycles. The molecule has 294 valence electrons. The smallest absolute Gasteiger partial charge is 0.303 e. The van der Waals surface area contributed by atoms with Crippen molar-refractivity contribution in [2.75, 3.05) is 27.2 Å². The Kier molecular flexibility index (Phi) is 13.7. The number of benzene rings is 4. The van der Waals surface area contributed by atoms with E-state index in [1.165, 1.54) is 10.9 Å². The number of hydrogen-bond donors (Lipinski definition) is 1. The van der Waals surface area contributed by atoms with E-state index in [9.17, 15) is 9.59 Å². The predicted octanol–water partition coefficient (Wildman–Crippen LogP) is 9.32. The number of likely N-dealkylation sites (tertiary alicyclic amines) is 1. The summed E-state index contributed by atoms with van der Waals surface area (Å²) < 4.78 is 16.2. The van der Waals surface area contributed by atoms with E-state index < -0.39 is 5.97 Å². The second-order valence-corrected chi connectivity index (χ2v) is 15.3. The largest absolute Gasteiger partial charge is 0.487 e. The van der Waals surface area contributed by atoms with Gasteiger partial charge in [0.15, 0.2) is 0 Å². The van der Waals surface area contributed by atoms with Gasteiger partial charge in [-0.25, -0.2) is 0 Å². The van der Waals surface area contributed by atoms with Crippen LogP contribution in [0.4, 0.5) is 0 Å². The number of carbonyl (C=O) groups is 2. The third-order valence-corrected chi connectivity index (χ3v) is 11.3. The zero-order valence-corrected chi connectivity index (χ0v) is 34.0. The first-order chi connectivity index (χ1) is 27.0. The monoisotopic (exact) mass is 796 g/mol. The standard InChI is InChI=1S/C26H32ClN3O2.C19H18ClNO3/c1-28(2)20-14-16-30(17-15-20)26(31)13-12-23-22-6-4-5-7-24(22)29(3)25(23)18-32-21-10-8-19(27)9-11-21;1-21-17-5-3-2-4-15(17)16(10-11-19(22)23)18(21)12-24-14-8-6-13(20)7-9-14/h4-11,20H,12-18H2,1-3H3;2-9H,10-12H2,1H3,(H,22,23). The maximum absolute atomic E-state index is 13.0. The number of hydrogen-bond acceptors (Lipinski definition) is 5. The minimum atomic E-state index is -0.799. The van der Waals surface area contributed by atoms with Crippen LogP contribution in [0.2, 0.25) is 10.0 Å². The molecule has 4 aromatic carbocycles. The number of aliphatic carboxylic acids is 1. The summed E-state index contributed by atoms with van der Waals surface area (Å²) in [5.74, 6) is 0.964. The highest BCUT2D eigenvalue weighted by atomic mass is 35.5. The van der Waals surface area contributed by atoms with Crippen molar-refractivity contribution in [2.24, 2.45) is 14.1 Å². The molecule has 1 fully saturated rings. The average molecular weight is 798 g/mol. The van der Waals surface area contributed by atoms with Crippen LogP contribution in [0.3, 0.4) is 0 Å². The molecule has 9 nitrogen and oxygen atoms in total. The molecule has 6 aromatic rings. The van der Waals surface area contributed by atoms with Crippen LogP contribution in [-0.4, -0.2) is 69.1 Å². The van der Waals surface area contributed by atoms with E-state index in [-0.39, 0.29) is 12.3 Å². The number of fused-ring (bicyclic) bond motifs is 2. The number of carboxylic acid groups (broad SMARTS) is 1. The lowest BCUT2D eigenvalue weighted by molar-refractivity contribution is -0.137. The molecule has 2 aromatic heterocycles. The van der Waals surface area contributed by atoms with Crippen molar-refractivity contribution in [1.82, 2.24) is 18.9 Å². The summed E-state index contributed by atoms with van der Waals surface area (Å²) in [6, 6.07) is 31.6. The fourth-order valence-corrected chi connectivity index (χ4v) is 7.85. The van der Waals surface area contributed by atoms with Crippen LogP contribution < -0.4 is 9.47 Å². The van der Waals surface area contributed by atoms with Crippen molar-refractivity contribution >= 4 is 56.9 Å². The lowest BCUT2D eigenvalue weighted by Crippen LogP contribution is -2.44. The van der Waals surface area contributed by atoms with Crippen molar-refractivity contribution in [2.45, 2.75) is 57.8 Å². The molecule has 1 N–H and O–H groups in total. The number of nitrogens with zero attached hydrogens (tertiary/aromatic N) is 4. The SMILES string of the molecule is CN(C)C1CCN(C(=O)CCc2c(COc3ccc(Cl)cc3)n(C)c3ccccc23)CC1.Cn1c(COc2ccc(Cl)cc2)c(CCC(=O)O)c2ccccc21. The van der Waals surface area contributed by atoms with Gasteiger partial charge in [-0.1, -0.05) is 59.6 Å². The first-order valence-corrected chi connectivity index (χ1v) is 19.8. The summed E-state index contributed by atoms with van der Waals surface area (Å²) in [7, 11) is 8.29. The van der Waals surface area contributed by atoms with Crippen LogP contribution in [0.25, 0.3) is 21.8 Å². The van der Waals surface area contributed by atoms with E-state index in [0.29, 0.717) is 48.6 Å². The molecule has 7 rings (SSSR count). The predicted molar refractivity (Wildman–Crippen MR) is 225 cm³/mol. The number of rotatable bonds is 13. The molecule has 1 amide bonds. The number of carbonyl (C=O) groups excluding carboxylic acids is 1. The van der Waals surface area contributed by atoms with Crippen molar-refractivity contribution in [3.05, 3.63) is 130 Å². The summed E-state index contributed by atoms with van der Waals surface area (Å²) in [6.45, 7) is 2.53. The molecule has 1 aliphatic heterocycles. The Hall–Kier alpha value is -4.96.